The second-order valence-corrected chi connectivity index (χ2v) is 13.2. The van der Waals surface area contributed by atoms with E-state index in [2.05, 4.69) is 15.6 Å². The molecule has 4 aliphatic rings. The molecule has 188 valence electrons. The average Bonchev–Trinajstić information content (AvgIpc) is 3.35. The number of anilines is 1. The van der Waals surface area contributed by atoms with Crippen LogP contribution in [0.5, 0.6) is 0 Å². The number of amides is 1. The van der Waals surface area contributed by atoms with Crippen LogP contribution in [0.3, 0.4) is 0 Å². The number of aromatic nitrogens is 3. The van der Waals surface area contributed by atoms with Crippen LogP contribution < -0.4 is 5.32 Å². The van der Waals surface area contributed by atoms with Crippen LogP contribution in [-0.4, -0.2) is 47.7 Å². The van der Waals surface area contributed by atoms with Crippen LogP contribution in [0, 0.1) is 17.8 Å². The van der Waals surface area contributed by atoms with Crippen molar-refractivity contribution in [2.75, 3.05) is 19.4 Å². The molecule has 0 spiro atoms. The van der Waals surface area contributed by atoms with Crippen LogP contribution in [0.2, 0.25) is 0 Å². The summed E-state index contributed by atoms with van der Waals surface area (Å²) in [6, 6.07) is 13.6. The molecular formula is C27H31N5O3S. The summed E-state index contributed by atoms with van der Waals surface area (Å²) in [6.45, 7) is 0. The SMILES string of the molecule is CN(C)S(=O)(=O)c1ccc(C(=O)Nc2ccc(-n3nncc3C34CC5CC(CC(C5)C3)C4)cc2)cc1. The molecule has 4 bridgehead atoms. The van der Waals surface area contributed by atoms with E-state index in [1.165, 1.54) is 82.6 Å². The Balaban J connectivity index is 1.18. The van der Waals surface area contributed by atoms with Gasteiger partial charge in [-0.2, -0.15) is 0 Å². The van der Waals surface area contributed by atoms with Gasteiger partial charge >= 0.3 is 0 Å². The monoisotopic (exact) mass is 505 g/mol. The lowest BCUT2D eigenvalue weighted by Gasteiger charge is -2.56. The van der Waals surface area contributed by atoms with Gasteiger partial charge in [0.25, 0.3) is 5.91 Å². The Hall–Kier alpha value is -3.04. The molecule has 1 aromatic heterocycles. The third-order valence-electron chi connectivity index (χ3n) is 8.40. The first-order chi connectivity index (χ1) is 17.2. The zero-order valence-electron chi connectivity index (χ0n) is 20.6. The van der Waals surface area contributed by atoms with Crippen LogP contribution in [0.4, 0.5) is 5.69 Å². The minimum atomic E-state index is -3.53. The maximum atomic E-state index is 12.7. The van der Waals surface area contributed by atoms with E-state index in [0.717, 1.165) is 27.7 Å². The van der Waals surface area contributed by atoms with Gasteiger partial charge in [-0.05, 0) is 105 Å². The molecule has 0 unspecified atom stereocenters. The van der Waals surface area contributed by atoms with Gasteiger partial charge in [0, 0.05) is 30.8 Å². The highest BCUT2D eigenvalue weighted by molar-refractivity contribution is 7.89. The first-order valence-electron chi connectivity index (χ1n) is 12.6. The number of rotatable bonds is 6. The van der Waals surface area contributed by atoms with E-state index in [1.807, 2.05) is 35.1 Å². The molecule has 36 heavy (non-hydrogen) atoms. The molecule has 9 heteroatoms. The number of hydrogen-bond donors (Lipinski definition) is 1. The molecule has 1 heterocycles. The predicted octanol–water partition coefficient (Wildman–Crippen LogP) is 4.24. The Labute approximate surface area is 211 Å². The summed E-state index contributed by atoms with van der Waals surface area (Å²) in [7, 11) is -0.580. The number of benzene rings is 2. The molecule has 4 saturated carbocycles. The average molecular weight is 506 g/mol. The van der Waals surface area contributed by atoms with Gasteiger partial charge in [-0.25, -0.2) is 17.4 Å². The molecule has 4 fully saturated rings. The maximum absolute atomic E-state index is 12.7. The molecule has 8 nitrogen and oxygen atoms in total. The highest BCUT2D eigenvalue weighted by Gasteiger charge is 2.53. The van der Waals surface area contributed by atoms with Crippen molar-refractivity contribution in [3.63, 3.8) is 0 Å². The molecule has 0 radical (unpaired) electrons. The Kier molecular flexibility index (Phi) is 5.53. The van der Waals surface area contributed by atoms with Crippen LogP contribution in [0.15, 0.2) is 59.6 Å². The second kappa shape index (κ2) is 8.52. The first-order valence-corrected chi connectivity index (χ1v) is 14.0. The van der Waals surface area contributed by atoms with Crippen molar-refractivity contribution in [2.45, 2.75) is 48.8 Å². The van der Waals surface area contributed by atoms with E-state index in [4.69, 9.17) is 0 Å². The summed E-state index contributed by atoms with van der Waals surface area (Å²) in [6.07, 6.45) is 9.87. The fourth-order valence-electron chi connectivity index (χ4n) is 7.09. The lowest BCUT2D eigenvalue weighted by Crippen LogP contribution is -2.49. The van der Waals surface area contributed by atoms with Gasteiger partial charge in [-0.1, -0.05) is 5.21 Å². The van der Waals surface area contributed by atoms with Gasteiger partial charge < -0.3 is 5.32 Å². The van der Waals surface area contributed by atoms with Crippen LogP contribution in [0.1, 0.15) is 54.6 Å². The predicted molar refractivity (Wildman–Crippen MR) is 136 cm³/mol. The lowest BCUT2D eigenvalue weighted by molar-refractivity contribution is -0.00828. The Morgan fingerprint density at radius 1 is 0.944 bits per heavy atom. The lowest BCUT2D eigenvalue weighted by atomic mass is 9.49. The van der Waals surface area contributed by atoms with Gasteiger partial charge in [0.05, 0.1) is 22.5 Å². The van der Waals surface area contributed by atoms with E-state index in [1.54, 1.807) is 0 Å². The Morgan fingerprint density at radius 3 is 2.08 bits per heavy atom. The van der Waals surface area contributed by atoms with Gasteiger partial charge in [-0.3, -0.25) is 4.79 Å². The molecule has 1 N–H and O–H groups in total. The van der Waals surface area contributed by atoms with E-state index in [0.29, 0.717) is 11.3 Å². The number of carbonyl (C=O) groups excluding carboxylic acids is 1. The molecule has 0 saturated heterocycles. The minimum Gasteiger partial charge on any atom is -0.322 e. The van der Waals surface area contributed by atoms with Gasteiger partial charge in [0.2, 0.25) is 10.0 Å². The smallest absolute Gasteiger partial charge is 0.255 e. The second-order valence-electron chi connectivity index (χ2n) is 11.0. The van der Waals surface area contributed by atoms with Gasteiger partial charge in [0.15, 0.2) is 0 Å². The summed E-state index contributed by atoms with van der Waals surface area (Å²) >= 11 is 0. The van der Waals surface area contributed by atoms with Crippen molar-refractivity contribution in [2.24, 2.45) is 17.8 Å². The van der Waals surface area contributed by atoms with Crippen LogP contribution in [-0.2, 0) is 15.4 Å². The highest BCUT2D eigenvalue weighted by atomic mass is 32.2. The number of carbonyl (C=O) groups is 1. The molecule has 0 atom stereocenters. The van der Waals surface area contributed by atoms with Crippen molar-refractivity contribution in [1.29, 1.82) is 0 Å². The Morgan fingerprint density at radius 2 is 1.53 bits per heavy atom. The summed E-state index contributed by atoms with van der Waals surface area (Å²) < 4.78 is 27.6. The fourth-order valence-corrected chi connectivity index (χ4v) is 7.99. The van der Waals surface area contributed by atoms with E-state index >= 15 is 0 Å². The summed E-state index contributed by atoms with van der Waals surface area (Å²) in [5.74, 6) is 2.23. The molecule has 1 amide bonds. The number of sulfonamides is 1. The fraction of sp³-hybridized carbons (Fsp3) is 0.444. The van der Waals surface area contributed by atoms with Crippen molar-refractivity contribution in [3.8, 4) is 5.69 Å². The van der Waals surface area contributed by atoms with Crippen molar-refractivity contribution in [3.05, 3.63) is 66.0 Å². The van der Waals surface area contributed by atoms with Crippen molar-refractivity contribution < 1.29 is 13.2 Å². The highest BCUT2D eigenvalue weighted by Crippen LogP contribution is 2.60. The normalized spacial score (nSPS) is 26.9. The Bertz CT molecular complexity index is 1360. The zero-order valence-corrected chi connectivity index (χ0v) is 21.4. The largest absolute Gasteiger partial charge is 0.322 e. The molecule has 0 aliphatic heterocycles. The summed E-state index contributed by atoms with van der Waals surface area (Å²) in [4.78, 5) is 12.9. The molecule has 2 aromatic carbocycles. The molecule has 7 rings (SSSR count). The number of nitrogens with zero attached hydrogens (tertiary/aromatic N) is 4. The van der Waals surface area contributed by atoms with E-state index in [9.17, 15) is 13.2 Å². The topological polar surface area (TPSA) is 97.2 Å². The van der Waals surface area contributed by atoms with Crippen molar-refractivity contribution in [1.82, 2.24) is 19.3 Å². The molecular weight excluding hydrogens is 474 g/mol. The van der Waals surface area contributed by atoms with Crippen LogP contribution >= 0.6 is 0 Å². The first kappa shape index (κ1) is 23.4. The quantitative estimate of drug-likeness (QED) is 0.541. The molecule has 4 aliphatic carbocycles. The number of nitrogens with one attached hydrogen (secondary N) is 1. The van der Waals surface area contributed by atoms with Crippen LogP contribution in [0.25, 0.3) is 5.69 Å². The van der Waals surface area contributed by atoms with E-state index < -0.39 is 10.0 Å². The summed E-state index contributed by atoms with van der Waals surface area (Å²) in [5.41, 5.74) is 3.40. The van der Waals surface area contributed by atoms with E-state index in [-0.39, 0.29) is 16.2 Å². The standard InChI is InChI=1S/C27H31N5O3S/c1-31(2)36(34,35)24-9-3-21(4-10-24)26(33)29-22-5-7-23(8-6-22)32-25(17-28-30-32)27-14-18-11-19(15-27)13-20(12-18)16-27/h3-10,17-20H,11-16H2,1-2H3,(H,29,33). The third kappa shape index (κ3) is 3.94. The zero-order chi connectivity index (χ0) is 25.1. The third-order valence-corrected chi connectivity index (χ3v) is 10.2. The maximum Gasteiger partial charge on any atom is 0.255 e. The van der Waals surface area contributed by atoms with Crippen molar-refractivity contribution >= 4 is 21.6 Å². The van der Waals surface area contributed by atoms with Gasteiger partial charge in [-0.15, -0.1) is 5.10 Å². The summed E-state index contributed by atoms with van der Waals surface area (Å²) in [5, 5.41) is 11.6. The number of hydrogen-bond acceptors (Lipinski definition) is 5. The molecule has 3 aromatic rings. The van der Waals surface area contributed by atoms with Gasteiger partial charge in [0.1, 0.15) is 0 Å². The minimum absolute atomic E-state index is 0.149.